The number of halogens is 3. The Hall–Kier alpha value is -3.10. The zero-order chi connectivity index (χ0) is 20.0. The topological polar surface area (TPSA) is 77.5 Å². The van der Waals surface area contributed by atoms with Gasteiger partial charge in [0.25, 0.3) is 5.91 Å². The summed E-state index contributed by atoms with van der Waals surface area (Å²) in [6.45, 7) is 0. The van der Waals surface area contributed by atoms with E-state index in [0.717, 1.165) is 19.2 Å². The van der Waals surface area contributed by atoms with Gasteiger partial charge >= 0.3 is 12.1 Å². The minimum absolute atomic E-state index is 0.0659. The lowest BCUT2D eigenvalue weighted by molar-refractivity contribution is -0.142. The molecule has 0 bridgehead atoms. The maximum Gasteiger partial charge on any atom is 0.417 e. The summed E-state index contributed by atoms with van der Waals surface area (Å²) in [7, 11) is 2.50. The monoisotopic (exact) mass is 382 g/mol. The molecule has 1 aromatic heterocycles. The Labute approximate surface area is 153 Å². The van der Waals surface area contributed by atoms with Gasteiger partial charge in [-0.15, -0.1) is 0 Å². The molecular weight excluding hydrogens is 365 g/mol. The van der Waals surface area contributed by atoms with Crippen LogP contribution in [0.15, 0.2) is 42.6 Å². The second-order valence-corrected chi connectivity index (χ2v) is 5.47. The smallest absolute Gasteiger partial charge is 0.417 e. The van der Waals surface area contributed by atoms with Crippen LogP contribution >= 0.6 is 0 Å². The van der Waals surface area contributed by atoms with Crippen LogP contribution in [0.4, 0.5) is 13.2 Å². The minimum Gasteiger partial charge on any atom is -0.481 e. The summed E-state index contributed by atoms with van der Waals surface area (Å²) >= 11 is 0. The second kappa shape index (κ2) is 8.52. The molecule has 6 nitrogen and oxygen atoms in total. The van der Waals surface area contributed by atoms with E-state index in [0.29, 0.717) is 5.56 Å². The Balaban J connectivity index is 2.30. The molecule has 0 unspecified atom stereocenters. The summed E-state index contributed by atoms with van der Waals surface area (Å²) in [6.07, 6.45) is -3.29. The number of nitrogens with zero attached hydrogens (tertiary/aromatic N) is 1. The average Bonchev–Trinajstić information content (AvgIpc) is 2.66. The molecule has 1 heterocycles. The predicted octanol–water partition coefficient (Wildman–Crippen LogP) is 2.62. The molecule has 144 valence electrons. The lowest BCUT2D eigenvalue weighted by atomic mass is 10.0. The molecule has 0 radical (unpaired) electrons. The number of nitrogens with one attached hydrogen (secondary N) is 1. The molecule has 0 saturated carbocycles. The third-order valence-corrected chi connectivity index (χ3v) is 3.74. The van der Waals surface area contributed by atoms with E-state index in [1.807, 2.05) is 0 Å². The quantitative estimate of drug-likeness (QED) is 0.778. The average molecular weight is 382 g/mol. The normalized spacial score (nSPS) is 12.2. The van der Waals surface area contributed by atoms with E-state index in [1.165, 1.54) is 25.4 Å². The summed E-state index contributed by atoms with van der Waals surface area (Å²) in [6, 6.07) is 6.33. The number of alkyl halides is 3. The molecule has 2 aromatic rings. The van der Waals surface area contributed by atoms with Gasteiger partial charge in [0.1, 0.15) is 6.04 Å². The van der Waals surface area contributed by atoms with Gasteiger partial charge in [-0.1, -0.05) is 18.2 Å². The first-order chi connectivity index (χ1) is 12.8. The molecule has 1 aromatic carbocycles. The molecule has 1 atom stereocenters. The van der Waals surface area contributed by atoms with Crippen molar-refractivity contribution < 1.29 is 32.2 Å². The Morgan fingerprint density at radius 2 is 1.85 bits per heavy atom. The molecular formula is C18H17F3N2O4. The molecule has 0 fully saturated rings. The molecule has 2 rings (SSSR count). The summed E-state index contributed by atoms with van der Waals surface area (Å²) in [5, 5.41) is 2.30. The van der Waals surface area contributed by atoms with Gasteiger partial charge in [0.05, 0.1) is 25.3 Å². The van der Waals surface area contributed by atoms with Crippen LogP contribution in [0.1, 0.15) is 21.5 Å². The number of amides is 1. The number of pyridine rings is 1. The number of esters is 1. The van der Waals surface area contributed by atoms with Crippen molar-refractivity contribution >= 4 is 11.9 Å². The van der Waals surface area contributed by atoms with Crippen molar-refractivity contribution in [3.63, 3.8) is 0 Å². The number of aromatic nitrogens is 1. The van der Waals surface area contributed by atoms with Crippen molar-refractivity contribution in [1.29, 1.82) is 0 Å². The lowest BCUT2D eigenvalue weighted by Crippen LogP contribution is -2.43. The van der Waals surface area contributed by atoms with Gasteiger partial charge < -0.3 is 14.8 Å². The molecule has 9 heteroatoms. The third-order valence-electron chi connectivity index (χ3n) is 3.74. The van der Waals surface area contributed by atoms with E-state index in [9.17, 15) is 22.8 Å². The number of carbonyl (C=O) groups excluding carboxylic acids is 2. The van der Waals surface area contributed by atoms with E-state index in [4.69, 9.17) is 4.74 Å². The summed E-state index contributed by atoms with van der Waals surface area (Å²) in [5.41, 5.74) is -1.19. The Bertz CT molecular complexity index is 824. The number of ether oxygens (including phenoxy) is 2. The summed E-state index contributed by atoms with van der Waals surface area (Å²) < 4.78 is 49.1. The fourth-order valence-electron chi connectivity index (χ4n) is 2.48. The molecule has 0 aliphatic heterocycles. The van der Waals surface area contributed by atoms with Crippen LogP contribution in [0.3, 0.4) is 0 Å². The predicted molar refractivity (Wildman–Crippen MR) is 89.2 cm³/mol. The highest BCUT2D eigenvalue weighted by atomic mass is 19.4. The molecule has 27 heavy (non-hydrogen) atoms. The first-order valence-corrected chi connectivity index (χ1v) is 7.80. The van der Waals surface area contributed by atoms with Gasteiger partial charge in [-0.3, -0.25) is 4.79 Å². The van der Waals surface area contributed by atoms with Crippen LogP contribution in [-0.4, -0.2) is 37.1 Å². The zero-order valence-corrected chi connectivity index (χ0v) is 14.5. The zero-order valence-electron chi connectivity index (χ0n) is 14.5. The van der Waals surface area contributed by atoms with Crippen LogP contribution in [0, 0.1) is 0 Å². The lowest BCUT2D eigenvalue weighted by Gasteiger charge is -2.19. The van der Waals surface area contributed by atoms with E-state index in [-0.39, 0.29) is 12.3 Å². The van der Waals surface area contributed by atoms with Crippen LogP contribution < -0.4 is 10.1 Å². The highest BCUT2D eigenvalue weighted by molar-refractivity contribution is 5.98. The Morgan fingerprint density at radius 1 is 1.15 bits per heavy atom. The highest BCUT2D eigenvalue weighted by Crippen LogP contribution is 2.31. The van der Waals surface area contributed by atoms with E-state index >= 15 is 0 Å². The molecule has 0 saturated heterocycles. The van der Waals surface area contributed by atoms with Crippen molar-refractivity contribution in [2.75, 3.05) is 14.2 Å². The number of hydrogen-bond acceptors (Lipinski definition) is 5. The van der Waals surface area contributed by atoms with Crippen molar-refractivity contribution in [1.82, 2.24) is 10.3 Å². The van der Waals surface area contributed by atoms with Crippen LogP contribution in [0.5, 0.6) is 5.88 Å². The van der Waals surface area contributed by atoms with Crippen molar-refractivity contribution in [3.05, 3.63) is 59.3 Å². The number of benzene rings is 1. The number of methoxy groups -OCH3 is 2. The SMILES string of the molecule is COC(=O)[C@@H](Cc1cccnc1OC)NC(=O)c1ccccc1C(F)(F)F. The van der Waals surface area contributed by atoms with Crippen LogP contribution in [0.2, 0.25) is 0 Å². The first kappa shape index (κ1) is 20.2. The van der Waals surface area contributed by atoms with E-state index in [2.05, 4.69) is 15.0 Å². The van der Waals surface area contributed by atoms with Gasteiger partial charge in [-0.05, 0) is 18.2 Å². The highest BCUT2D eigenvalue weighted by Gasteiger charge is 2.35. The van der Waals surface area contributed by atoms with E-state index in [1.54, 1.807) is 12.1 Å². The van der Waals surface area contributed by atoms with Gasteiger partial charge in [0.2, 0.25) is 5.88 Å². The Kier molecular flexibility index (Phi) is 6.38. The fourth-order valence-corrected chi connectivity index (χ4v) is 2.48. The van der Waals surface area contributed by atoms with Gasteiger partial charge in [0.15, 0.2) is 0 Å². The Morgan fingerprint density at radius 3 is 2.48 bits per heavy atom. The van der Waals surface area contributed by atoms with Crippen molar-refractivity contribution in [3.8, 4) is 5.88 Å². The third kappa shape index (κ3) is 4.96. The molecule has 1 N–H and O–H groups in total. The molecule has 0 spiro atoms. The van der Waals surface area contributed by atoms with Crippen LogP contribution in [-0.2, 0) is 22.1 Å². The van der Waals surface area contributed by atoms with Gasteiger partial charge in [-0.2, -0.15) is 13.2 Å². The minimum atomic E-state index is -4.71. The fraction of sp³-hybridized carbons (Fsp3) is 0.278. The molecule has 0 aliphatic rings. The van der Waals surface area contributed by atoms with Gasteiger partial charge in [-0.25, -0.2) is 9.78 Å². The number of hydrogen-bond donors (Lipinski definition) is 1. The number of carbonyl (C=O) groups is 2. The largest absolute Gasteiger partial charge is 0.481 e. The van der Waals surface area contributed by atoms with E-state index < -0.39 is 35.2 Å². The van der Waals surface area contributed by atoms with Crippen LogP contribution in [0.25, 0.3) is 0 Å². The second-order valence-electron chi connectivity index (χ2n) is 5.47. The van der Waals surface area contributed by atoms with Gasteiger partial charge in [0, 0.05) is 18.2 Å². The molecule has 1 amide bonds. The molecule has 0 aliphatic carbocycles. The van der Waals surface area contributed by atoms with Crippen molar-refractivity contribution in [2.24, 2.45) is 0 Å². The summed E-state index contributed by atoms with van der Waals surface area (Å²) in [4.78, 5) is 28.4. The first-order valence-electron chi connectivity index (χ1n) is 7.80. The maximum atomic E-state index is 13.1. The summed E-state index contributed by atoms with van der Waals surface area (Å²) in [5.74, 6) is -1.61. The van der Waals surface area contributed by atoms with Crippen molar-refractivity contribution in [2.45, 2.75) is 18.6 Å². The standard InChI is InChI=1S/C18H17F3N2O4/c1-26-16-11(6-5-9-22-16)10-14(17(25)27-2)23-15(24)12-7-3-4-8-13(12)18(19,20)21/h3-9,14H,10H2,1-2H3,(H,23,24)/t14-/m1/s1. The number of rotatable bonds is 6. The maximum absolute atomic E-state index is 13.1.